The number of benzene rings is 2. The molecule has 3 aromatic rings. The monoisotopic (exact) mass is 275 g/mol. The standard InChI is InChI=1S/C18H13NO2/c1-19-11-12(13-6-2-4-8-15(13)19)10-17-18(20)14-7-3-5-9-16(14)21-17/h2-11H,1H3. The molecule has 1 aromatic heterocycles. The first-order valence-electron chi connectivity index (χ1n) is 6.81. The van der Waals surface area contributed by atoms with Gasteiger partial charge < -0.3 is 9.30 Å². The van der Waals surface area contributed by atoms with Crippen LogP contribution in [0.1, 0.15) is 15.9 Å². The van der Waals surface area contributed by atoms with Gasteiger partial charge in [-0.15, -0.1) is 0 Å². The molecule has 2 heterocycles. The minimum absolute atomic E-state index is 0.0569. The van der Waals surface area contributed by atoms with Gasteiger partial charge in [-0.05, 0) is 24.3 Å². The summed E-state index contributed by atoms with van der Waals surface area (Å²) in [5, 5.41) is 1.11. The summed E-state index contributed by atoms with van der Waals surface area (Å²) in [5.74, 6) is 0.958. The van der Waals surface area contributed by atoms with Crippen LogP contribution >= 0.6 is 0 Å². The third kappa shape index (κ3) is 1.78. The number of carbonyl (C=O) groups is 1. The highest BCUT2D eigenvalue weighted by Gasteiger charge is 2.26. The summed E-state index contributed by atoms with van der Waals surface area (Å²) < 4.78 is 7.73. The van der Waals surface area contributed by atoms with Crippen LogP contribution in [-0.2, 0) is 7.05 Å². The molecule has 0 aliphatic carbocycles. The number of hydrogen-bond donors (Lipinski definition) is 0. The van der Waals surface area contributed by atoms with Gasteiger partial charge in [0, 0.05) is 29.7 Å². The Morgan fingerprint density at radius 3 is 2.67 bits per heavy atom. The van der Waals surface area contributed by atoms with Gasteiger partial charge in [-0.25, -0.2) is 0 Å². The molecule has 21 heavy (non-hydrogen) atoms. The molecule has 0 spiro atoms. The minimum Gasteiger partial charge on any atom is -0.452 e. The van der Waals surface area contributed by atoms with Crippen molar-refractivity contribution in [2.75, 3.05) is 0 Å². The van der Waals surface area contributed by atoms with Crippen molar-refractivity contribution in [3.05, 3.63) is 71.6 Å². The quantitative estimate of drug-likeness (QED) is 0.633. The smallest absolute Gasteiger partial charge is 0.231 e. The maximum atomic E-state index is 12.3. The summed E-state index contributed by atoms with van der Waals surface area (Å²) in [6.45, 7) is 0. The average molecular weight is 275 g/mol. The Bertz CT molecular complexity index is 902. The van der Waals surface area contributed by atoms with Crippen molar-refractivity contribution in [2.45, 2.75) is 0 Å². The number of aromatic nitrogens is 1. The average Bonchev–Trinajstić information content (AvgIpc) is 2.99. The molecule has 3 heteroatoms. The van der Waals surface area contributed by atoms with Crippen molar-refractivity contribution in [1.29, 1.82) is 0 Å². The molecule has 0 fully saturated rings. The number of aryl methyl sites for hydroxylation is 1. The summed E-state index contributed by atoms with van der Waals surface area (Å²) in [6.07, 6.45) is 3.84. The molecule has 102 valence electrons. The maximum Gasteiger partial charge on any atom is 0.231 e. The van der Waals surface area contributed by atoms with Crippen LogP contribution in [0.25, 0.3) is 17.0 Å². The number of para-hydroxylation sites is 2. The largest absolute Gasteiger partial charge is 0.452 e. The van der Waals surface area contributed by atoms with Crippen molar-refractivity contribution in [3.63, 3.8) is 0 Å². The fourth-order valence-electron chi connectivity index (χ4n) is 2.77. The number of allylic oxidation sites excluding steroid dienone is 1. The molecule has 0 bridgehead atoms. The number of fused-ring (bicyclic) bond motifs is 2. The number of nitrogens with zero attached hydrogens (tertiary/aromatic N) is 1. The molecule has 0 radical (unpaired) electrons. The Morgan fingerprint density at radius 2 is 1.81 bits per heavy atom. The Balaban J connectivity index is 1.84. The fraction of sp³-hybridized carbons (Fsp3) is 0.0556. The summed E-state index contributed by atoms with van der Waals surface area (Å²) in [5.41, 5.74) is 2.75. The number of ketones is 1. The number of carbonyl (C=O) groups excluding carboxylic acids is 1. The van der Waals surface area contributed by atoms with E-state index >= 15 is 0 Å². The van der Waals surface area contributed by atoms with E-state index in [1.165, 1.54) is 0 Å². The zero-order valence-electron chi connectivity index (χ0n) is 11.5. The van der Waals surface area contributed by atoms with Crippen LogP contribution < -0.4 is 4.74 Å². The first-order valence-corrected chi connectivity index (χ1v) is 6.81. The molecule has 0 unspecified atom stereocenters. The molecule has 2 aromatic carbocycles. The van der Waals surface area contributed by atoms with Crippen LogP contribution in [-0.4, -0.2) is 10.4 Å². The van der Waals surface area contributed by atoms with E-state index in [-0.39, 0.29) is 5.78 Å². The van der Waals surface area contributed by atoms with Gasteiger partial charge in [0.1, 0.15) is 5.75 Å². The fourth-order valence-corrected chi connectivity index (χ4v) is 2.77. The van der Waals surface area contributed by atoms with Gasteiger partial charge >= 0.3 is 0 Å². The topological polar surface area (TPSA) is 31.2 Å². The predicted octanol–water partition coefficient (Wildman–Crippen LogP) is 3.79. The molecule has 1 aliphatic heterocycles. The van der Waals surface area contributed by atoms with Gasteiger partial charge in [0.2, 0.25) is 5.78 Å². The lowest BCUT2D eigenvalue weighted by Gasteiger charge is -1.97. The second-order valence-corrected chi connectivity index (χ2v) is 5.15. The van der Waals surface area contributed by atoms with Crippen molar-refractivity contribution in [2.24, 2.45) is 7.05 Å². The normalized spacial score (nSPS) is 15.5. The molecule has 0 amide bonds. The molecule has 0 saturated heterocycles. The van der Waals surface area contributed by atoms with Crippen LogP contribution in [0.3, 0.4) is 0 Å². The Morgan fingerprint density at radius 1 is 1.05 bits per heavy atom. The number of Topliss-reactive ketones (excluding diaryl/α,β-unsaturated/α-hetero) is 1. The van der Waals surface area contributed by atoms with Gasteiger partial charge in [-0.3, -0.25) is 4.79 Å². The van der Waals surface area contributed by atoms with E-state index in [0.717, 1.165) is 16.5 Å². The Labute approximate surface area is 122 Å². The van der Waals surface area contributed by atoms with Crippen molar-refractivity contribution in [3.8, 4) is 5.75 Å². The number of hydrogen-bond acceptors (Lipinski definition) is 2. The lowest BCUT2D eigenvalue weighted by molar-refractivity contribution is 0.101. The van der Waals surface area contributed by atoms with E-state index in [9.17, 15) is 4.79 Å². The molecular weight excluding hydrogens is 262 g/mol. The number of ether oxygens (including phenoxy) is 1. The Kier molecular flexibility index (Phi) is 2.48. The minimum atomic E-state index is -0.0569. The van der Waals surface area contributed by atoms with Gasteiger partial charge in [0.15, 0.2) is 5.76 Å². The highest BCUT2D eigenvalue weighted by Crippen LogP contribution is 2.32. The molecule has 0 N–H and O–H groups in total. The molecule has 0 atom stereocenters. The zero-order valence-corrected chi connectivity index (χ0v) is 11.5. The first-order chi connectivity index (χ1) is 10.2. The molecule has 0 saturated carbocycles. The Hall–Kier alpha value is -2.81. The van der Waals surface area contributed by atoms with E-state index < -0.39 is 0 Å². The highest BCUT2D eigenvalue weighted by atomic mass is 16.5. The molecule has 1 aliphatic rings. The summed E-state index contributed by atoms with van der Waals surface area (Å²) >= 11 is 0. The van der Waals surface area contributed by atoms with Crippen LogP contribution in [0.2, 0.25) is 0 Å². The van der Waals surface area contributed by atoms with E-state index in [4.69, 9.17) is 4.74 Å². The van der Waals surface area contributed by atoms with Crippen molar-refractivity contribution in [1.82, 2.24) is 4.57 Å². The molecule has 3 nitrogen and oxygen atoms in total. The van der Waals surface area contributed by atoms with Gasteiger partial charge in [-0.1, -0.05) is 30.3 Å². The van der Waals surface area contributed by atoms with Gasteiger partial charge in [0.25, 0.3) is 0 Å². The lowest BCUT2D eigenvalue weighted by Crippen LogP contribution is -1.97. The van der Waals surface area contributed by atoms with Crippen LogP contribution in [0, 0.1) is 0 Å². The third-order valence-electron chi connectivity index (χ3n) is 3.79. The van der Waals surface area contributed by atoms with Crippen molar-refractivity contribution >= 4 is 22.8 Å². The second-order valence-electron chi connectivity index (χ2n) is 5.15. The lowest BCUT2D eigenvalue weighted by atomic mass is 10.1. The third-order valence-corrected chi connectivity index (χ3v) is 3.79. The SMILES string of the molecule is Cn1cc(C=C2Oc3ccccc3C2=O)c2ccccc21. The first kappa shape index (κ1) is 12.0. The van der Waals surface area contributed by atoms with E-state index in [2.05, 4.69) is 6.07 Å². The van der Waals surface area contributed by atoms with Gasteiger partial charge in [0.05, 0.1) is 5.56 Å². The molecular formula is C18H13NO2. The van der Waals surface area contributed by atoms with Crippen molar-refractivity contribution < 1.29 is 9.53 Å². The maximum absolute atomic E-state index is 12.3. The predicted molar refractivity (Wildman–Crippen MR) is 82.3 cm³/mol. The molecule has 4 rings (SSSR count). The van der Waals surface area contributed by atoms with Gasteiger partial charge in [-0.2, -0.15) is 0 Å². The van der Waals surface area contributed by atoms with E-state index in [0.29, 0.717) is 17.1 Å². The highest BCUT2D eigenvalue weighted by molar-refractivity contribution is 6.15. The van der Waals surface area contributed by atoms with Crippen LogP contribution in [0.5, 0.6) is 5.75 Å². The summed E-state index contributed by atoms with van der Waals surface area (Å²) in [7, 11) is 2.00. The van der Waals surface area contributed by atoms with Crippen LogP contribution in [0.4, 0.5) is 0 Å². The van der Waals surface area contributed by atoms with Crippen LogP contribution in [0.15, 0.2) is 60.5 Å². The zero-order chi connectivity index (χ0) is 14.4. The summed E-state index contributed by atoms with van der Waals surface area (Å²) in [4.78, 5) is 12.3. The number of rotatable bonds is 1. The second kappa shape index (κ2) is 4.35. The van der Waals surface area contributed by atoms with E-state index in [1.807, 2.05) is 60.3 Å². The summed E-state index contributed by atoms with van der Waals surface area (Å²) in [6, 6.07) is 15.4. The van der Waals surface area contributed by atoms with E-state index in [1.54, 1.807) is 6.07 Å².